The molecule has 2 aliphatic rings. The summed E-state index contributed by atoms with van der Waals surface area (Å²) < 4.78 is 14.7. The molecule has 5 rings (SSSR count). The highest BCUT2D eigenvalue weighted by molar-refractivity contribution is 5.61. The monoisotopic (exact) mass is 563 g/mol. The normalized spacial score (nSPS) is 17.3. The van der Waals surface area contributed by atoms with Crippen molar-refractivity contribution in [2.75, 3.05) is 43.0 Å². The van der Waals surface area contributed by atoms with Gasteiger partial charge in [-0.15, -0.1) is 0 Å². The van der Waals surface area contributed by atoms with Gasteiger partial charge in [-0.05, 0) is 97.4 Å². The lowest BCUT2D eigenvalue weighted by Crippen LogP contribution is -2.39. The predicted molar refractivity (Wildman–Crippen MR) is 165 cm³/mol. The first-order chi connectivity index (χ1) is 19.7. The van der Waals surface area contributed by atoms with Crippen molar-refractivity contribution in [2.45, 2.75) is 103 Å². The molecule has 0 atom stereocenters. The molecule has 224 valence electrons. The Morgan fingerprint density at radius 3 is 2.54 bits per heavy atom. The van der Waals surface area contributed by atoms with Gasteiger partial charge in [-0.1, -0.05) is 13.0 Å². The summed E-state index contributed by atoms with van der Waals surface area (Å²) >= 11 is 0. The fourth-order valence-corrected chi connectivity index (χ4v) is 5.78. The van der Waals surface area contributed by atoms with E-state index in [1.807, 2.05) is 16.9 Å². The SMILES string of the molecule is CCc1cnn2c(NCc3ccc(C(C)(C)OCCC(C)(C)OC4CCNCC4)nc3)cc(N3CCCCC3)nc12. The van der Waals surface area contributed by atoms with Crippen LogP contribution in [0.4, 0.5) is 11.6 Å². The fourth-order valence-electron chi connectivity index (χ4n) is 5.78. The second-order valence-electron chi connectivity index (χ2n) is 12.6. The quantitative estimate of drug-likeness (QED) is 0.300. The Morgan fingerprint density at radius 2 is 1.83 bits per heavy atom. The summed E-state index contributed by atoms with van der Waals surface area (Å²) in [6.45, 7) is 16.1. The van der Waals surface area contributed by atoms with Gasteiger partial charge in [-0.2, -0.15) is 9.61 Å². The Balaban J connectivity index is 1.19. The van der Waals surface area contributed by atoms with E-state index < -0.39 is 5.60 Å². The molecule has 3 aromatic rings. The first kappa shape index (κ1) is 29.7. The van der Waals surface area contributed by atoms with Gasteiger partial charge in [0, 0.05) is 37.5 Å². The minimum atomic E-state index is -0.483. The van der Waals surface area contributed by atoms with Gasteiger partial charge in [-0.25, -0.2) is 4.98 Å². The van der Waals surface area contributed by atoms with E-state index in [-0.39, 0.29) is 5.60 Å². The van der Waals surface area contributed by atoms with Crippen molar-refractivity contribution in [2.24, 2.45) is 0 Å². The number of aromatic nitrogens is 4. The van der Waals surface area contributed by atoms with Gasteiger partial charge in [-0.3, -0.25) is 4.98 Å². The molecule has 0 bridgehead atoms. The summed E-state index contributed by atoms with van der Waals surface area (Å²) in [5.41, 5.74) is 3.45. The van der Waals surface area contributed by atoms with Crippen molar-refractivity contribution in [1.82, 2.24) is 24.9 Å². The number of nitrogens with one attached hydrogen (secondary N) is 2. The first-order valence-corrected chi connectivity index (χ1v) is 15.6. The lowest BCUT2D eigenvalue weighted by Gasteiger charge is -2.34. The van der Waals surface area contributed by atoms with Crippen molar-refractivity contribution >= 4 is 17.3 Å². The third-order valence-electron chi connectivity index (χ3n) is 8.45. The van der Waals surface area contributed by atoms with Crippen molar-refractivity contribution in [3.8, 4) is 0 Å². The number of aryl methyl sites for hydroxylation is 1. The van der Waals surface area contributed by atoms with Crippen LogP contribution in [0.15, 0.2) is 30.6 Å². The number of nitrogens with zero attached hydrogens (tertiary/aromatic N) is 5. The van der Waals surface area contributed by atoms with Crippen LogP contribution in [0, 0.1) is 0 Å². The zero-order valence-corrected chi connectivity index (χ0v) is 25.7. The van der Waals surface area contributed by atoms with Gasteiger partial charge in [0.05, 0.1) is 30.2 Å². The Hall–Kier alpha value is -2.75. The third kappa shape index (κ3) is 7.56. The molecule has 0 saturated carbocycles. The standard InChI is InChI=1S/C32H49N7O2/c1-6-25-23-36-39-28(20-29(37-30(25)39)38-17-8-7-9-18-38)35-22-24-10-11-27(34-21-24)32(4,5)40-19-14-31(2,3)41-26-12-15-33-16-13-26/h10-11,20-21,23,26,33,35H,6-9,12-19,22H2,1-5H3. The van der Waals surface area contributed by atoms with Crippen LogP contribution in [0.1, 0.15) is 90.0 Å². The number of hydrogen-bond donors (Lipinski definition) is 2. The van der Waals surface area contributed by atoms with Crippen molar-refractivity contribution < 1.29 is 9.47 Å². The Kier molecular flexibility index (Phi) is 9.46. The Morgan fingerprint density at radius 1 is 1.05 bits per heavy atom. The molecule has 2 saturated heterocycles. The number of anilines is 2. The molecule has 9 heteroatoms. The number of pyridine rings is 1. The Bertz CT molecular complexity index is 1260. The number of fused-ring (bicyclic) bond motifs is 1. The average molecular weight is 564 g/mol. The van der Waals surface area contributed by atoms with E-state index in [2.05, 4.69) is 73.4 Å². The van der Waals surface area contributed by atoms with Crippen LogP contribution in [0.3, 0.4) is 0 Å². The molecule has 2 N–H and O–H groups in total. The number of rotatable bonds is 12. The largest absolute Gasteiger partial charge is 0.372 e. The van der Waals surface area contributed by atoms with Gasteiger partial charge in [0.15, 0.2) is 5.65 Å². The molecule has 2 aliphatic heterocycles. The molecule has 0 spiro atoms. The highest BCUT2D eigenvalue weighted by atomic mass is 16.5. The maximum atomic E-state index is 6.40. The summed E-state index contributed by atoms with van der Waals surface area (Å²) in [7, 11) is 0. The molecule has 0 amide bonds. The maximum absolute atomic E-state index is 6.40. The van der Waals surface area contributed by atoms with Crippen molar-refractivity contribution in [1.29, 1.82) is 0 Å². The van der Waals surface area contributed by atoms with E-state index in [9.17, 15) is 0 Å². The Labute approximate surface area is 245 Å². The lowest BCUT2D eigenvalue weighted by molar-refractivity contribution is -0.110. The summed E-state index contributed by atoms with van der Waals surface area (Å²) in [5.74, 6) is 1.99. The van der Waals surface area contributed by atoms with E-state index >= 15 is 0 Å². The van der Waals surface area contributed by atoms with Gasteiger partial charge < -0.3 is 25.0 Å². The number of ether oxygens (including phenoxy) is 2. The maximum Gasteiger partial charge on any atom is 0.162 e. The average Bonchev–Trinajstić information content (AvgIpc) is 3.40. The second-order valence-corrected chi connectivity index (χ2v) is 12.6. The van der Waals surface area contributed by atoms with E-state index in [0.717, 1.165) is 80.4 Å². The van der Waals surface area contributed by atoms with E-state index in [0.29, 0.717) is 19.3 Å². The molecule has 0 radical (unpaired) electrons. The first-order valence-electron chi connectivity index (χ1n) is 15.6. The van der Waals surface area contributed by atoms with Crippen LogP contribution >= 0.6 is 0 Å². The van der Waals surface area contributed by atoms with Crippen LogP contribution in [0.25, 0.3) is 5.65 Å². The fraction of sp³-hybridized carbons (Fsp3) is 0.656. The molecular formula is C32H49N7O2. The summed E-state index contributed by atoms with van der Waals surface area (Å²) in [5, 5.41) is 11.7. The van der Waals surface area contributed by atoms with E-state index in [1.54, 1.807) is 0 Å². The molecule has 9 nitrogen and oxygen atoms in total. The van der Waals surface area contributed by atoms with E-state index in [4.69, 9.17) is 19.4 Å². The minimum Gasteiger partial charge on any atom is -0.372 e. The molecule has 2 fully saturated rings. The van der Waals surface area contributed by atoms with Crippen LogP contribution < -0.4 is 15.5 Å². The molecule has 41 heavy (non-hydrogen) atoms. The highest BCUT2D eigenvalue weighted by Crippen LogP contribution is 2.28. The third-order valence-corrected chi connectivity index (χ3v) is 8.45. The van der Waals surface area contributed by atoms with Crippen LogP contribution in [0.5, 0.6) is 0 Å². The molecule has 3 aromatic heterocycles. The summed E-state index contributed by atoms with van der Waals surface area (Å²) in [6.07, 6.45) is 11.9. The molecule has 0 aromatic carbocycles. The van der Waals surface area contributed by atoms with Crippen molar-refractivity contribution in [3.63, 3.8) is 0 Å². The zero-order valence-electron chi connectivity index (χ0n) is 25.7. The minimum absolute atomic E-state index is 0.209. The van der Waals surface area contributed by atoms with Crippen LogP contribution in [0.2, 0.25) is 0 Å². The van der Waals surface area contributed by atoms with Gasteiger partial charge in [0.25, 0.3) is 0 Å². The predicted octanol–water partition coefficient (Wildman–Crippen LogP) is 5.48. The molecular weight excluding hydrogens is 514 g/mol. The second kappa shape index (κ2) is 13.0. The summed E-state index contributed by atoms with van der Waals surface area (Å²) in [4.78, 5) is 12.2. The van der Waals surface area contributed by atoms with E-state index in [1.165, 1.54) is 24.8 Å². The lowest BCUT2D eigenvalue weighted by atomic mass is 10.0. The molecule has 5 heterocycles. The molecule has 0 unspecified atom stereocenters. The highest BCUT2D eigenvalue weighted by Gasteiger charge is 2.28. The number of hydrogen-bond acceptors (Lipinski definition) is 8. The summed E-state index contributed by atoms with van der Waals surface area (Å²) in [6, 6.07) is 6.35. The van der Waals surface area contributed by atoms with Crippen LogP contribution in [-0.4, -0.2) is 64.1 Å². The van der Waals surface area contributed by atoms with Crippen LogP contribution in [-0.2, 0) is 28.0 Å². The zero-order chi connectivity index (χ0) is 28.9. The topological polar surface area (TPSA) is 88.8 Å². The molecule has 0 aliphatic carbocycles. The van der Waals surface area contributed by atoms with Gasteiger partial charge in [0.2, 0.25) is 0 Å². The van der Waals surface area contributed by atoms with Gasteiger partial charge in [0.1, 0.15) is 17.2 Å². The number of piperidine rings is 2. The smallest absolute Gasteiger partial charge is 0.162 e. The van der Waals surface area contributed by atoms with Gasteiger partial charge >= 0.3 is 0 Å². The van der Waals surface area contributed by atoms with Crippen molar-refractivity contribution in [3.05, 3.63) is 47.4 Å².